The van der Waals surface area contributed by atoms with Crippen LogP contribution in [-0.2, 0) is 0 Å². The van der Waals surface area contributed by atoms with Gasteiger partial charge in [-0.1, -0.05) is 19.1 Å². The highest BCUT2D eigenvalue weighted by molar-refractivity contribution is 6.21. The summed E-state index contributed by atoms with van der Waals surface area (Å²) in [6, 6.07) is 6.99. The van der Waals surface area contributed by atoms with Gasteiger partial charge in [0.25, 0.3) is 11.8 Å². The van der Waals surface area contributed by atoms with Crippen LogP contribution in [0.1, 0.15) is 46.9 Å². The molecule has 0 fully saturated rings. The predicted octanol–water partition coefficient (Wildman–Crippen LogP) is 1.64. The van der Waals surface area contributed by atoms with Crippen LogP contribution in [0.25, 0.3) is 0 Å². The van der Waals surface area contributed by atoms with E-state index in [1.54, 1.807) is 31.3 Å². The Morgan fingerprint density at radius 2 is 1.65 bits per heavy atom. The minimum atomic E-state index is -0.181. The predicted molar refractivity (Wildman–Crippen MR) is 90.7 cm³/mol. The highest BCUT2D eigenvalue weighted by Crippen LogP contribution is 2.22. The van der Waals surface area contributed by atoms with Crippen LogP contribution in [0.3, 0.4) is 0 Å². The van der Waals surface area contributed by atoms with Gasteiger partial charge < -0.3 is 10.6 Å². The second kappa shape index (κ2) is 8.31. The molecule has 2 N–H and O–H groups in total. The van der Waals surface area contributed by atoms with Crippen molar-refractivity contribution in [2.75, 3.05) is 26.7 Å². The lowest BCUT2D eigenvalue weighted by Crippen LogP contribution is -2.38. The Kier molecular flexibility index (Phi) is 6.14. The molecule has 124 valence electrons. The van der Waals surface area contributed by atoms with Crippen LogP contribution in [-0.4, -0.2) is 49.4 Å². The van der Waals surface area contributed by atoms with Crippen molar-refractivity contribution < 1.29 is 9.59 Å². The van der Waals surface area contributed by atoms with Crippen molar-refractivity contribution in [1.29, 1.82) is 0 Å². The maximum Gasteiger partial charge on any atom is 0.261 e. The number of rotatable bonds is 7. The second-order valence-electron chi connectivity index (χ2n) is 5.44. The molecule has 0 atom stereocenters. The molecular weight excluding hydrogens is 292 g/mol. The molecule has 2 rings (SSSR count). The Bertz CT molecular complexity index is 563. The van der Waals surface area contributed by atoms with E-state index in [0.717, 1.165) is 38.3 Å². The summed E-state index contributed by atoms with van der Waals surface area (Å²) in [7, 11) is 1.74. The fourth-order valence-corrected chi connectivity index (χ4v) is 2.51. The Morgan fingerprint density at radius 1 is 1.04 bits per heavy atom. The van der Waals surface area contributed by atoms with E-state index in [1.807, 2.05) is 0 Å². The summed E-state index contributed by atoms with van der Waals surface area (Å²) in [5.41, 5.74) is 1.03. The van der Waals surface area contributed by atoms with Crippen molar-refractivity contribution in [3.05, 3.63) is 35.4 Å². The number of nitrogens with one attached hydrogen (secondary N) is 2. The fourth-order valence-electron chi connectivity index (χ4n) is 2.51. The van der Waals surface area contributed by atoms with E-state index in [9.17, 15) is 9.59 Å². The van der Waals surface area contributed by atoms with E-state index in [4.69, 9.17) is 0 Å². The van der Waals surface area contributed by atoms with Gasteiger partial charge in [-0.2, -0.15) is 0 Å². The number of carbonyl (C=O) groups is 2. The molecule has 6 heteroatoms. The molecule has 0 spiro atoms. The van der Waals surface area contributed by atoms with Gasteiger partial charge in [0.05, 0.1) is 11.1 Å². The third-order valence-electron chi connectivity index (χ3n) is 3.75. The van der Waals surface area contributed by atoms with Gasteiger partial charge in [-0.25, -0.2) is 0 Å². The molecule has 6 nitrogen and oxygen atoms in total. The zero-order valence-electron chi connectivity index (χ0n) is 13.8. The minimum Gasteiger partial charge on any atom is -0.356 e. The topological polar surface area (TPSA) is 73.8 Å². The normalized spacial score (nSPS) is 14.2. The summed E-state index contributed by atoms with van der Waals surface area (Å²) in [6.07, 6.45) is 2.67. The number of amides is 2. The molecule has 0 aromatic heterocycles. The van der Waals surface area contributed by atoms with Gasteiger partial charge in [-0.3, -0.25) is 19.5 Å². The highest BCUT2D eigenvalue weighted by Gasteiger charge is 2.34. The number of fused-ring (bicyclic) bond motifs is 1. The van der Waals surface area contributed by atoms with Crippen molar-refractivity contribution in [2.24, 2.45) is 4.99 Å². The SMILES string of the molecule is CCCNC(=NC)NCCCCN1C(=O)c2ccccc2C1=O. The zero-order valence-corrected chi connectivity index (χ0v) is 13.8. The largest absolute Gasteiger partial charge is 0.356 e. The molecule has 23 heavy (non-hydrogen) atoms. The van der Waals surface area contributed by atoms with Gasteiger partial charge >= 0.3 is 0 Å². The maximum atomic E-state index is 12.2. The number of hydrogen-bond acceptors (Lipinski definition) is 3. The number of unbranched alkanes of at least 4 members (excludes halogenated alkanes) is 1. The van der Waals surface area contributed by atoms with Gasteiger partial charge in [0.15, 0.2) is 5.96 Å². The van der Waals surface area contributed by atoms with Crippen molar-refractivity contribution in [3.8, 4) is 0 Å². The van der Waals surface area contributed by atoms with Crippen molar-refractivity contribution in [3.63, 3.8) is 0 Å². The first kappa shape index (κ1) is 17.0. The number of nitrogens with zero attached hydrogens (tertiary/aromatic N) is 2. The lowest BCUT2D eigenvalue weighted by molar-refractivity contribution is 0.0652. The Labute approximate surface area is 137 Å². The van der Waals surface area contributed by atoms with Gasteiger partial charge in [0.1, 0.15) is 0 Å². The van der Waals surface area contributed by atoms with Crippen LogP contribution in [0, 0.1) is 0 Å². The molecule has 1 aromatic rings. The number of aliphatic imine (C=N–C) groups is 1. The molecule has 1 aliphatic heterocycles. The first-order valence-corrected chi connectivity index (χ1v) is 8.08. The van der Waals surface area contributed by atoms with Gasteiger partial charge in [-0.05, 0) is 31.4 Å². The summed E-state index contributed by atoms with van der Waals surface area (Å²) in [4.78, 5) is 29.9. The summed E-state index contributed by atoms with van der Waals surface area (Å²) >= 11 is 0. The number of guanidine groups is 1. The Morgan fingerprint density at radius 3 is 2.22 bits per heavy atom. The van der Waals surface area contributed by atoms with E-state index < -0.39 is 0 Å². The van der Waals surface area contributed by atoms with E-state index in [0.29, 0.717) is 17.7 Å². The lowest BCUT2D eigenvalue weighted by atomic mass is 10.1. The molecule has 0 saturated carbocycles. The van der Waals surface area contributed by atoms with Crippen LogP contribution in [0.5, 0.6) is 0 Å². The molecule has 0 bridgehead atoms. The molecular formula is C17H24N4O2. The molecule has 0 unspecified atom stereocenters. The number of benzene rings is 1. The Balaban J connectivity index is 1.74. The van der Waals surface area contributed by atoms with Crippen LogP contribution in [0.4, 0.5) is 0 Å². The molecule has 2 amide bonds. The molecule has 1 aromatic carbocycles. The van der Waals surface area contributed by atoms with E-state index in [1.165, 1.54) is 4.90 Å². The summed E-state index contributed by atoms with van der Waals surface area (Å²) < 4.78 is 0. The van der Waals surface area contributed by atoms with Crippen molar-refractivity contribution >= 4 is 17.8 Å². The van der Waals surface area contributed by atoms with Gasteiger partial charge in [0.2, 0.25) is 0 Å². The van der Waals surface area contributed by atoms with Crippen LogP contribution >= 0.6 is 0 Å². The molecule has 1 heterocycles. The van der Waals surface area contributed by atoms with Crippen LogP contribution in [0.15, 0.2) is 29.3 Å². The average Bonchev–Trinajstić information content (AvgIpc) is 2.82. The summed E-state index contributed by atoms with van der Waals surface area (Å²) in [6.45, 7) is 4.19. The minimum absolute atomic E-state index is 0.181. The van der Waals surface area contributed by atoms with Crippen LogP contribution in [0.2, 0.25) is 0 Å². The maximum absolute atomic E-state index is 12.2. The zero-order chi connectivity index (χ0) is 16.7. The van der Waals surface area contributed by atoms with Gasteiger partial charge in [-0.15, -0.1) is 0 Å². The average molecular weight is 316 g/mol. The van der Waals surface area contributed by atoms with E-state index >= 15 is 0 Å². The number of hydrogen-bond donors (Lipinski definition) is 2. The van der Waals surface area contributed by atoms with Gasteiger partial charge in [0, 0.05) is 26.7 Å². The van der Waals surface area contributed by atoms with Crippen molar-refractivity contribution in [2.45, 2.75) is 26.2 Å². The van der Waals surface area contributed by atoms with Crippen molar-refractivity contribution in [1.82, 2.24) is 15.5 Å². The fraction of sp³-hybridized carbons (Fsp3) is 0.471. The van der Waals surface area contributed by atoms with E-state index in [2.05, 4.69) is 22.5 Å². The standard InChI is InChI=1S/C17H24N4O2/c1-3-10-19-17(18-2)20-11-6-7-12-21-15(22)13-8-4-5-9-14(13)16(21)23/h4-5,8-9H,3,6-7,10-12H2,1-2H3,(H2,18,19,20). The number of imide groups is 1. The summed E-state index contributed by atoms with van der Waals surface area (Å²) in [5, 5.41) is 6.42. The molecule has 0 aliphatic carbocycles. The molecule has 0 saturated heterocycles. The van der Waals surface area contributed by atoms with Crippen LogP contribution < -0.4 is 10.6 Å². The quantitative estimate of drug-likeness (QED) is 0.347. The molecule has 0 radical (unpaired) electrons. The first-order valence-electron chi connectivity index (χ1n) is 8.08. The first-order chi connectivity index (χ1) is 11.2. The smallest absolute Gasteiger partial charge is 0.261 e. The highest BCUT2D eigenvalue weighted by atomic mass is 16.2. The third-order valence-corrected chi connectivity index (χ3v) is 3.75. The number of carbonyl (C=O) groups excluding carboxylic acids is 2. The monoisotopic (exact) mass is 316 g/mol. The Hall–Kier alpha value is -2.37. The summed E-state index contributed by atoms with van der Waals surface area (Å²) in [5.74, 6) is 0.422. The third kappa shape index (κ3) is 4.09. The lowest BCUT2D eigenvalue weighted by Gasteiger charge is -2.14. The van der Waals surface area contributed by atoms with E-state index in [-0.39, 0.29) is 11.8 Å². The second-order valence-corrected chi connectivity index (χ2v) is 5.44. The molecule has 1 aliphatic rings.